The number of carboxylic acid groups (broad SMARTS) is 1. The van der Waals surface area contributed by atoms with E-state index in [1.165, 1.54) is 0 Å². The molecule has 0 saturated carbocycles. The Morgan fingerprint density at radius 3 is 1.86 bits per heavy atom. The first-order chi connectivity index (χ1) is 9.90. The molecule has 0 radical (unpaired) electrons. The second-order valence-electron chi connectivity index (χ2n) is 7.02. The van der Waals surface area contributed by atoms with Gasteiger partial charge in [0.15, 0.2) is 0 Å². The van der Waals surface area contributed by atoms with Crippen LogP contribution in [0.4, 0.5) is 0 Å². The van der Waals surface area contributed by atoms with Gasteiger partial charge in [-0.1, -0.05) is 6.42 Å². The van der Waals surface area contributed by atoms with Crippen molar-refractivity contribution < 1.29 is 23.1 Å². The van der Waals surface area contributed by atoms with Crippen molar-refractivity contribution in [2.45, 2.75) is 71.0 Å². The molecule has 6 nitrogen and oxygen atoms in total. The topological polar surface area (TPSA) is 107 Å². The second kappa shape index (κ2) is 8.84. The fourth-order valence-electron chi connectivity index (χ4n) is 1.88. The lowest BCUT2D eigenvalue weighted by atomic mass is 9.87. The summed E-state index contributed by atoms with van der Waals surface area (Å²) in [5.41, 5.74) is -0.681. The van der Waals surface area contributed by atoms with E-state index in [4.69, 9.17) is 15.0 Å². The van der Waals surface area contributed by atoms with E-state index in [1.807, 2.05) is 0 Å². The lowest BCUT2D eigenvalue weighted by molar-refractivity contribution is -0.147. The van der Waals surface area contributed by atoms with Crippen molar-refractivity contribution in [1.82, 2.24) is 0 Å². The van der Waals surface area contributed by atoms with E-state index in [0.717, 1.165) is 25.7 Å². The number of nitrogens with two attached hydrogens (primary N) is 1. The molecule has 0 rings (SSSR count). The molecule has 0 heterocycles. The van der Waals surface area contributed by atoms with Crippen molar-refractivity contribution in [2.75, 3.05) is 13.2 Å². The number of unbranched alkanes of at least 4 members (excludes halogenated alkanes) is 2. The van der Waals surface area contributed by atoms with Gasteiger partial charge in [-0.15, -0.1) is 0 Å². The van der Waals surface area contributed by atoms with Crippen molar-refractivity contribution in [3.05, 3.63) is 0 Å². The fraction of sp³-hybridized carbons (Fsp3) is 0.933. The molecule has 0 aliphatic carbocycles. The molecule has 22 heavy (non-hydrogen) atoms. The molecule has 0 spiro atoms. The highest BCUT2D eigenvalue weighted by molar-refractivity contribution is 7.90. The molecule has 7 heteroatoms. The van der Waals surface area contributed by atoms with Crippen molar-refractivity contribution in [3.8, 4) is 0 Å². The van der Waals surface area contributed by atoms with Gasteiger partial charge in [0.1, 0.15) is 0 Å². The molecule has 0 aromatic carbocycles. The van der Waals surface area contributed by atoms with Crippen LogP contribution in [0.25, 0.3) is 0 Å². The van der Waals surface area contributed by atoms with Gasteiger partial charge in [0.05, 0.1) is 10.2 Å². The molecule has 0 aromatic rings. The molecule has 0 aliphatic heterocycles. The zero-order valence-electron chi connectivity index (χ0n) is 14.2. The zero-order chi connectivity index (χ0) is 17.4. The average Bonchev–Trinajstić information content (AvgIpc) is 2.35. The Balaban J connectivity index is 3.63. The Labute approximate surface area is 134 Å². The molecular weight excluding hydrogens is 306 g/mol. The van der Waals surface area contributed by atoms with Crippen molar-refractivity contribution in [1.29, 1.82) is 0 Å². The van der Waals surface area contributed by atoms with Crippen LogP contribution in [0.3, 0.4) is 0 Å². The van der Waals surface area contributed by atoms with Crippen LogP contribution in [0.1, 0.15) is 66.2 Å². The highest BCUT2D eigenvalue weighted by Crippen LogP contribution is 2.23. The number of hydrogen-bond donors (Lipinski definition) is 2. The molecule has 0 aromatic heterocycles. The summed E-state index contributed by atoms with van der Waals surface area (Å²) in [5, 5.41) is 14.1. The van der Waals surface area contributed by atoms with Gasteiger partial charge in [0, 0.05) is 13.2 Å². The molecule has 0 atom stereocenters. The standard InChI is InChI=1S/C15H31NO5S/c1-14(2,13(17)18)9-5-7-11-21-12-8-6-10-15(3,4)22(16,19)20/h5-12H2,1-4H3,(H,17,18)(H2,16,19,20). The van der Waals surface area contributed by atoms with Gasteiger partial charge < -0.3 is 9.84 Å². The Hall–Kier alpha value is -0.660. The quantitative estimate of drug-likeness (QED) is 0.532. The third-order valence-corrected chi connectivity index (χ3v) is 5.75. The van der Waals surface area contributed by atoms with Gasteiger partial charge in [-0.3, -0.25) is 4.79 Å². The van der Waals surface area contributed by atoms with Gasteiger partial charge in [0.25, 0.3) is 0 Å². The third-order valence-electron chi connectivity index (χ3n) is 4.01. The number of hydrogen-bond acceptors (Lipinski definition) is 4. The van der Waals surface area contributed by atoms with Crippen LogP contribution in [-0.2, 0) is 19.6 Å². The highest BCUT2D eigenvalue weighted by Gasteiger charge is 2.30. The molecule has 0 aliphatic rings. The predicted molar refractivity (Wildman–Crippen MR) is 87.1 cm³/mol. The Morgan fingerprint density at radius 2 is 1.45 bits per heavy atom. The van der Waals surface area contributed by atoms with Crippen molar-refractivity contribution >= 4 is 16.0 Å². The van der Waals surface area contributed by atoms with E-state index in [1.54, 1.807) is 27.7 Å². The third kappa shape index (κ3) is 8.10. The molecule has 0 bridgehead atoms. The summed E-state index contributed by atoms with van der Waals surface area (Å²) < 4.78 is 27.2. The lowest BCUT2D eigenvalue weighted by Crippen LogP contribution is -2.37. The minimum Gasteiger partial charge on any atom is -0.481 e. The Kier molecular flexibility index (Phi) is 8.57. The molecule has 0 fully saturated rings. The monoisotopic (exact) mass is 337 g/mol. The van der Waals surface area contributed by atoms with Crippen molar-refractivity contribution in [3.63, 3.8) is 0 Å². The minimum absolute atomic E-state index is 0.516. The molecule has 0 saturated heterocycles. The predicted octanol–water partition coefficient (Wildman–Crippen LogP) is 2.52. The van der Waals surface area contributed by atoms with Gasteiger partial charge >= 0.3 is 5.97 Å². The average molecular weight is 337 g/mol. The first-order valence-corrected chi connectivity index (χ1v) is 9.28. The molecule has 0 unspecified atom stereocenters. The van der Waals surface area contributed by atoms with E-state index in [-0.39, 0.29) is 0 Å². The highest BCUT2D eigenvalue weighted by atomic mass is 32.2. The lowest BCUT2D eigenvalue weighted by Gasteiger charge is -2.21. The van der Waals surface area contributed by atoms with Crippen LogP contribution in [0, 0.1) is 5.41 Å². The summed E-state index contributed by atoms with van der Waals surface area (Å²) in [7, 11) is -3.52. The van der Waals surface area contributed by atoms with Gasteiger partial charge in [-0.2, -0.15) is 0 Å². The first kappa shape index (κ1) is 21.3. The zero-order valence-corrected chi connectivity index (χ0v) is 15.0. The van der Waals surface area contributed by atoms with Crippen LogP contribution in [0.5, 0.6) is 0 Å². The number of sulfonamides is 1. The summed E-state index contributed by atoms with van der Waals surface area (Å²) in [6.07, 6.45) is 4.34. The maximum Gasteiger partial charge on any atom is 0.309 e. The molecule has 3 N–H and O–H groups in total. The van der Waals surface area contributed by atoms with Crippen LogP contribution in [0.2, 0.25) is 0 Å². The maximum atomic E-state index is 11.3. The number of carboxylic acids is 1. The summed E-state index contributed by atoms with van der Waals surface area (Å²) in [4.78, 5) is 10.9. The van der Waals surface area contributed by atoms with E-state index in [0.29, 0.717) is 26.1 Å². The summed E-state index contributed by atoms with van der Waals surface area (Å²) in [6.45, 7) is 7.91. The van der Waals surface area contributed by atoms with Gasteiger partial charge in [0.2, 0.25) is 10.0 Å². The molecule has 0 amide bonds. The maximum absolute atomic E-state index is 11.3. The Bertz CT molecular complexity index is 443. The number of aliphatic carboxylic acids is 1. The van der Waals surface area contributed by atoms with Crippen LogP contribution in [0.15, 0.2) is 0 Å². The normalized spacial score (nSPS) is 13.3. The summed E-state index contributed by atoms with van der Waals surface area (Å²) >= 11 is 0. The number of primary sulfonamides is 1. The summed E-state index contributed by atoms with van der Waals surface area (Å²) in [5.74, 6) is -0.772. The summed E-state index contributed by atoms with van der Waals surface area (Å²) in [6, 6.07) is 0. The number of ether oxygens (including phenoxy) is 1. The SMILES string of the molecule is CC(C)(CCCCOCCCCC(C)(C)S(N)(=O)=O)C(=O)O. The van der Waals surface area contributed by atoms with Gasteiger partial charge in [-0.25, -0.2) is 13.6 Å². The second-order valence-corrected chi connectivity index (χ2v) is 9.22. The van der Waals surface area contributed by atoms with E-state index >= 15 is 0 Å². The molecule has 132 valence electrons. The minimum atomic E-state index is -3.52. The van der Waals surface area contributed by atoms with Crippen LogP contribution in [-0.4, -0.2) is 37.5 Å². The number of carbonyl (C=O) groups is 1. The van der Waals surface area contributed by atoms with Crippen LogP contribution < -0.4 is 5.14 Å². The van der Waals surface area contributed by atoms with E-state index in [2.05, 4.69) is 0 Å². The molecular formula is C15H31NO5S. The van der Waals surface area contributed by atoms with E-state index in [9.17, 15) is 13.2 Å². The fourth-order valence-corrected chi connectivity index (χ4v) is 2.31. The largest absolute Gasteiger partial charge is 0.481 e. The van der Waals surface area contributed by atoms with Crippen LogP contribution >= 0.6 is 0 Å². The smallest absolute Gasteiger partial charge is 0.309 e. The van der Waals surface area contributed by atoms with Crippen molar-refractivity contribution in [2.24, 2.45) is 10.6 Å². The number of rotatable bonds is 12. The van der Waals surface area contributed by atoms with E-state index < -0.39 is 26.2 Å². The first-order valence-electron chi connectivity index (χ1n) is 7.74. The van der Waals surface area contributed by atoms with Gasteiger partial charge in [-0.05, 0) is 59.8 Å². The Morgan fingerprint density at radius 1 is 1.00 bits per heavy atom.